The first kappa shape index (κ1) is 10.4. The molecule has 0 spiro atoms. The van der Waals surface area contributed by atoms with E-state index in [1.807, 2.05) is 12.1 Å². The molecule has 3 heteroatoms. The molecule has 3 nitrogen and oxygen atoms in total. The number of hydrogen-bond donors (Lipinski definition) is 1. The summed E-state index contributed by atoms with van der Waals surface area (Å²) in [5, 5.41) is 9.24. The van der Waals surface area contributed by atoms with Gasteiger partial charge in [-0.3, -0.25) is 0 Å². The van der Waals surface area contributed by atoms with E-state index in [1.165, 1.54) is 0 Å². The average Bonchev–Trinajstić information content (AvgIpc) is 2.59. The number of aliphatic hydroxyl groups is 1. The lowest BCUT2D eigenvalue weighted by Gasteiger charge is -2.19. The number of aromatic nitrogens is 1. The summed E-state index contributed by atoms with van der Waals surface area (Å²) in [5.41, 5.74) is 0.929. The van der Waals surface area contributed by atoms with Gasteiger partial charge in [-0.2, -0.15) is 0 Å². The number of hydrogen-bond acceptors (Lipinski definition) is 3. The predicted octanol–water partition coefficient (Wildman–Crippen LogP) is 1.67. The van der Waals surface area contributed by atoms with Gasteiger partial charge in [-0.25, -0.2) is 4.98 Å². The van der Waals surface area contributed by atoms with Crippen LogP contribution in [-0.4, -0.2) is 23.2 Å². The largest absolute Gasteiger partial charge is 0.392 e. The Bertz CT molecular complexity index is 330. The second-order valence-electron chi connectivity index (χ2n) is 4.50. The number of nitrogens with zero attached hydrogens (tertiary/aromatic N) is 2. The van der Waals surface area contributed by atoms with Crippen LogP contribution in [0.15, 0.2) is 18.3 Å². The minimum atomic E-state index is 0.0719. The normalized spacial score (nSPS) is 25.9. The van der Waals surface area contributed by atoms with Crippen LogP contribution in [0.5, 0.6) is 0 Å². The second-order valence-corrected chi connectivity index (χ2v) is 4.50. The third-order valence-electron chi connectivity index (χ3n) is 3.33. The molecule has 1 aliphatic rings. The van der Waals surface area contributed by atoms with Crippen LogP contribution in [0.4, 0.5) is 5.82 Å². The Morgan fingerprint density at radius 3 is 2.67 bits per heavy atom. The number of anilines is 1. The van der Waals surface area contributed by atoms with E-state index in [4.69, 9.17) is 0 Å². The van der Waals surface area contributed by atoms with Crippen LogP contribution in [0, 0.1) is 11.8 Å². The summed E-state index contributed by atoms with van der Waals surface area (Å²) in [6, 6.07) is 3.81. The summed E-state index contributed by atoms with van der Waals surface area (Å²) in [6.45, 7) is 6.71. The molecule has 82 valence electrons. The molecule has 0 aromatic carbocycles. The highest BCUT2D eigenvalue weighted by Gasteiger charge is 2.27. The van der Waals surface area contributed by atoms with Gasteiger partial charge in [0.2, 0.25) is 0 Å². The zero-order valence-corrected chi connectivity index (χ0v) is 9.35. The summed E-state index contributed by atoms with van der Waals surface area (Å²) in [4.78, 5) is 6.64. The molecule has 2 rings (SSSR count). The van der Waals surface area contributed by atoms with Crippen molar-refractivity contribution in [3.63, 3.8) is 0 Å². The molecule has 1 aromatic heterocycles. The highest BCUT2D eigenvalue weighted by atomic mass is 16.3. The van der Waals surface area contributed by atoms with Crippen molar-refractivity contribution in [2.75, 3.05) is 18.0 Å². The van der Waals surface area contributed by atoms with Crippen LogP contribution in [0.2, 0.25) is 0 Å². The van der Waals surface area contributed by atoms with E-state index in [-0.39, 0.29) is 6.61 Å². The Labute approximate surface area is 90.8 Å². The Kier molecular flexibility index (Phi) is 2.91. The molecule has 0 saturated carbocycles. The molecule has 2 unspecified atom stereocenters. The topological polar surface area (TPSA) is 36.4 Å². The monoisotopic (exact) mass is 206 g/mol. The van der Waals surface area contributed by atoms with Gasteiger partial charge < -0.3 is 10.0 Å². The second kappa shape index (κ2) is 4.19. The summed E-state index contributed by atoms with van der Waals surface area (Å²) in [7, 11) is 0. The summed E-state index contributed by atoms with van der Waals surface area (Å²) in [6.07, 6.45) is 1.79. The van der Waals surface area contributed by atoms with E-state index in [2.05, 4.69) is 23.7 Å². The van der Waals surface area contributed by atoms with Crippen molar-refractivity contribution in [2.24, 2.45) is 11.8 Å². The van der Waals surface area contributed by atoms with E-state index in [0.29, 0.717) is 11.8 Å². The van der Waals surface area contributed by atoms with Gasteiger partial charge in [-0.15, -0.1) is 0 Å². The number of aliphatic hydroxyl groups excluding tert-OH is 1. The maximum absolute atomic E-state index is 9.24. The summed E-state index contributed by atoms with van der Waals surface area (Å²) < 4.78 is 0. The van der Waals surface area contributed by atoms with Crippen LogP contribution in [0.25, 0.3) is 0 Å². The standard InChI is InChI=1S/C12H18N2O/c1-9-6-14(7-10(9)2)12-11(8-15)4-3-5-13-12/h3-5,9-10,15H,6-8H2,1-2H3. The van der Waals surface area contributed by atoms with Gasteiger partial charge in [0.15, 0.2) is 0 Å². The average molecular weight is 206 g/mol. The Morgan fingerprint density at radius 2 is 2.07 bits per heavy atom. The van der Waals surface area contributed by atoms with Crippen molar-refractivity contribution >= 4 is 5.82 Å². The predicted molar refractivity (Wildman–Crippen MR) is 60.7 cm³/mol. The third kappa shape index (κ3) is 1.97. The minimum absolute atomic E-state index is 0.0719. The fourth-order valence-electron chi connectivity index (χ4n) is 2.14. The van der Waals surface area contributed by atoms with Crippen molar-refractivity contribution in [1.82, 2.24) is 4.98 Å². The third-order valence-corrected chi connectivity index (χ3v) is 3.33. The molecule has 0 amide bonds. The van der Waals surface area contributed by atoms with E-state index < -0.39 is 0 Å². The summed E-state index contributed by atoms with van der Waals surface area (Å²) >= 11 is 0. The van der Waals surface area contributed by atoms with Gasteiger partial charge in [0.25, 0.3) is 0 Å². The fraction of sp³-hybridized carbons (Fsp3) is 0.583. The van der Waals surface area contributed by atoms with Gasteiger partial charge in [0.05, 0.1) is 6.61 Å². The fourth-order valence-corrected chi connectivity index (χ4v) is 2.14. The van der Waals surface area contributed by atoms with Gasteiger partial charge in [-0.1, -0.05) is 19.9 Å². The lowest BCUT2D eigenvalue weighted by Crippen LogP contribution is -2.22. The molecule has 2 atom stereocenters. The molecule has 0 bridgehead atoms. The Morgan fingerprint density at radius 1 is 1.40 bits per heavy atom. The van der Waals surface area contributed by atoms with Crippen LogP contribution in [0.3, 0.4) is 0 Å². The molecule has 1 aliphatic heterocycles. The molecular formula is C12H18N2O. The van der Waals surface area contributed by atoms with Gasteiger partial charge in [0, 0.05) is 24.8 Å². The molecule has 1 fully saturated rings. The van der Waals surface area contributed by atoms with Crippen molar-refractivity contribution < 1.29 is 5.11 Å². The zero-order chi connectivity index (χ0) is 10.8. The van der Waals surface area contributed by atoms with Crippen LogP contribution < -0.4 is 4.90 Å². The molecule has 0 aliphatic carbocycles. The van der Waals surface area contributed by atoms with Gasteiger partial charge in [0.1, 0.15) is 5.82 Å². The zero-order valence-electron chi connectivity index (χ0n) is 9.35. The van der Waals surface area contributed by atoms with Crippen molar-refractivity contribution in [3.8, 4) is 0 Å². The quantitative estimate of drug-likeness (QED) is 0.799. The lowest BCUT2D eigenvalue weighted by atomic mass is 10.0. The van der Waals surface area contributed by atoms with Gasteiger partial charge in [-0.05, 0) is 17.9 Å². The lowest BCUT2D eigenvalue weighted by molar-refractivity contribution is 0.281. The van der Waals surface area contributed by atoms with Crippen molar-refractivity contribution in [1.29, 1.82) is 0 Å². The first-order valence-corrected chi connectivity index (χ1v) is 5.52. The van der Waals surface area contributed by atoms with E-state index in [1.54, 1.807) is 6.20 Å². The first-order chi connectivity index (χ1) is 7.22. The molecule has 1 aromatic rings. The Balaban J connectivity index is 2.23. The minimum Gasteiger partial charge on any atom is -0.392 e. The van der Waals surface area contributed by atoms with Gasteiger partial charge >= 0.3 is 0 Å². The maximum atomic E-state index is 9.24. The highest BCUT2D eigenvalue weighted by molar-refractivity contribution is 5.47. The molecule has 2 heterocycles. The van der Waals surface area contributed by atoms with Crippen molar-refractivity contribution in [2.45, 2.75) is 20.5 Å². The molecule has 1 N–H and O–H groups in total. The molecular weight excluding hydrogens is 188 g/mol. The molecule has 0 radical (unpaired) electrons. The first-order valence-electron chi connectivity index (χ1n) is 5.52. The van der Waals surface area contributed by atoms with E-state index in [9.17, 15) is 5.11 Å². The summed E-state index contributed by atoms with van der Waals surface area (Å²) in [5.74, 6) is 2.37. The van der Waals surface area contributed by atoms with Crippen LogP contribution in [0.1, 0.15) is 19.4 Å². The molecule has 1 saturated heterocycles. The SMILES string of the molecule is CC1CN(c2ncccc2CO)CC1C. The maximum Gasteiger partial charge on any atom is 0.134 e. The van der Waals surface area contributed by atoms with E-state index in [0.717, 1.165) is 24.5 Å². The number of pyridine rings is 1. The smallest absolute Gasteiger partial charge is 0.134 e. The number of rotatable bonds is 2. The highest BCUT2D eigenvalue weighted by Crippen LogP contribution is 2.28. The van der Waals surface area contributed by atoms with Crippen molar-refractivity contribution in [3.05, 3.63) is 23.9 Å². The molecule has 15 heavy (non-hydrogen) atoms. The van der Waals surface area contributed by atoms with Crippen LogP contribution >= 0.6 is 0 Å². The van der Waals surface area contributed by atoms with E-state index >= 15 is 0 Å². The van der Waals surface area contributed by atoms with Crippen LogP contribution in [-0.2, 0) is 6.61 Å². The Hall–Kier alpha value is -1.09.